The molecule has 1 aromatic heterocycles. The number of phenolic OH excluding ortho intramolecular Hbond substituents is 1. The van der Waals surface area contributed by atoms with Gasteiger partial charge in [0.2, 0.25) is 5.13 Å². The van der Waals surface area contributed by atoms with Crippen LogP contribution in [0.1, 0.15) is 11.1 Å². The molecule has 106 valence electrons. The van der Waals surface area contributed by atoms with Gasteiger partial charge in [-0.1, -0.05) is 29.0 Å². The largest absolute Gasteiger partial charge is 0.506 e. The Kier molecular flexibility index (Phi) is 3.97. The van der Waals surface area contributed by atoms with Gasteiger partial charge in [-0.15, -0.1) is 0 Å². The van der Waals surface area contributed by atoms with Gasteiger partial charge in [-0.25, -0.2) is 9.98 Å². The van der Waals surface area contributed by atoms with Crippen molar-refractivity contribution in [1.82, 2.24) is 4.98 Å². The van der Waals surface area contributed by atoms with Crippen LogP contribution in [0.4, 0.5) is 5.13 Å². The fourth-order valence-electron chi connectivity index (χ4n) is 1.88. The van der Waals surface area contributed by atoms with Crippen molar-refractivity contribution in [2.45, 2.75) is 6.92 Å². The second-order valence-electron chi connectivity index (χ2n) is 4.55. The number of phenols is 1. The molecule has 2 aromatic carbocycles. The van der Waals surface area contributed by atoms with Crippen molar-refractivity contribution in [2.24, 2.45) is 4.99 Å². The summed E-state index contributed by atoms with van der Waals surface area (Å²) in [5, 5.41) is 11.1. The molecule has 0 aliphatic carbocycles. The van der Waals surface area contributed by atoms with Gasteiger partial charge >= 0.3 is 0 Å². The third-order valence-corrected chi connectivity index (χ3v) is 4.65. The van der Waals surface area contributed by atoms with Crippen LogP contribution in [0.15, 0.2) is 39.8 Å². The van der Waals surface area contributed by atoms with Crippen molar-refractivity contribution >= 4 is 60.4 Å². The Bertz CT molecular complexity index is 860. The molecule has 0 radical (unpaired) electrons. The first kappa shape index (κ1) is 14.5. The number of halogens is 2. The van der Waals surface area contributed by atoms with Crippen LogP contribution < -0.4 is 0 Å². The van der Waals surface area contributed by atoms with Crippen LogP contribution in [-0.2, 0) is 0 Å². The van der Waals surface area contributed by atoms with Gasteiger partial charge in [0.25, 0.3) is 0 Å². The Morgan fingerprint density at radius 1 is 1.33 bits per heavy atom. The molecule has 3 rings (SSSR count). The number of benzene rings is 2. The first-order chi connectivity index (χ1) is 10.0. The molecule has 3 aromatic rings. The van der Waals surface area contributed by atoms with Gasteiger partial charge in [-0.2, -0.15) is 0 Å². The minimum atomic E-state index is 0.111. The number of hydrogen-bond donors (Lipinski definition) is 1. The fourth-order valence-corrected chi connectivity index (χ4v) is 3.63. The Balaban J connectivity index is 1.98. The van der Waals surface area contributed by atoms with Crippen molar-refractivity contribution in [3.05, 3.63) is 51.0 Å². The lowest BCUT2D eigenvalue weighted by atomic mass is 10.2. The summed E-state index contributed by atoms with van der Waals surface area (Å²) in [4.78, 5) is 8.77. The van der Waals surface area contributed by atoms with Gasteiger partial charge in [0.05, 0.1) is 14.7 Å². The summed E-state index contributed by atoms with van der Waals surface area (Å²) in [7, 11) is 0. The molecule has 0 aliphatic rings. The predicted molar refractivity (Wildman–Crippen MR) is 92.4 cm³/mol. The molecule has 0 fully saturated rings. The molecule has 6 heteroatoms. The van der Waals surface area contributed by atoms with Gasteiger partial charge < -0.3 is 5.11 Å². The van der Waals surface area contributed by atoms with E-state index in [0.717, 1.165) is 10.2 Å². The third kappa shape index (κ3) is 3.10. The second-order valence-corrected chi connectivity index (χ2v) is 6.85. The number of nitrogens with zero attached hydrogens (tertiary/aromatic N) is 2. The fraction of sp³-hybridized carbons (Fsp3) is 0.0667. The average Bonchev–Trinajstić information content (AvgIpc) is 2.83. The second kappa shape index (κ2) is 5.75. The van der Waals surface area contributed by atoms with E-state index in [1.165, 1.54) is 16.9 Å². The molecular weight excluding hydrogens is 372 g/mol. The van der Waals surface area contributed by atoms with Crippen LogP contribution in [0.2, 0.25) is 5.02 Å². The van der Waals surface area contributed by atoms with Crippen molar-refractivity contribution in [3.8, 4) is 5.75 Å². The van der Waals surface area contributed by atoms with E-state index < -0.39 is 0 Å². The van der Waals surface area contributed by atoms with Crippen molar-refractivity contribution < 1.29 is 5.11 Å². The lowest BCUT2D eigenvalue weighted by Gasteiger charge is -2.01. The Morgan fingerprint density at radius 3 is 2.95 bits per heavy atom. The molecule has 0 atom stereocenters. The first-order valence-electron chi connectivity index (χ1n) is 6.12. The molecule has 0 bridgehead atoms. The summed E-state index contributed by atoms with van der Waals surface area (Å²) in [5.41, 5.74) is 2.66. The summed E-state index contributed by atoms with van der Waals surface area (Å²) >= 11 is 10.7. The number of aliphatic imine (C=N–C) groups is 1. The average molecular weight is 382 g/mol. The highest BCUT2D eigenvalue weighted by Crippen LogP contribution is 2.32. The minimum absolute atomic E-state index is 0.111. The first-order valence-corrected chi connectivity index (χ1v) is 8.11. The third-order valence-electron chi connectivity index (χ3n) is 2.90. The summed E-state index contributed by atoms with van der Waals surface area (Å²) in [6, 6.07) is 9.37. The molecule has 21 heavy (non-hydrogen) atoms. The normalized spacial score (nSPS) is 11.6. The number of aromatic nitrogens is 1. The van der Waals surface area contributed by atoms with Gasteiger partial charge in [-0.3, -0.25) is 0 Å². The van der Waals surface area contributed by atoms with Crippen LogP contribution in [-0.4, -0.2) is 16.3 Å². The highest BCUT2D eigenvalue weighted by molar-refractivity contribution is 9.10. The van der Waals surface area contributed by atoms with Crippen LogP contribution in [0.5, 0.6) is 5.75 Å². The van der Waals surface area contributed by atoms with Crippen molar-refractivity contribution in [2.75, 3.05) is 0 Å². The molecule has 0 amide bonds. The van der Waals surface area contributed by atoms with Crippen LogP contribution in [0.25, 0.3) is 10.2 Å². The van der Waals surface area contributed by atoms with E-state index >= 15 is 0 Å². The highest BCUT2D eigenvalue weighted by atomic mass is 79.9. The monoisotopic (exact) mass is 380 g/mol. The van der Waals surface area contributed by atoms with Gasteiger partial charge in [0.15, 0.2) is 0 Å². The maximum atomic E-state index is 9.96. The van der Waals surface area contributed by atoms with E-state index in [0.29, 0.717) is 20.2 Å². The maximum Gasteiger partial charge on any atom is 0.210 e. The van der Waals surface area contributed by atoms with E-state index in [-0.39, 0.29) is 5.75 Å². The zero-order valence-electron chi connectivity index (χ0n) is 11.0. The van der Waals surface area contributed by atoms with Gasteiger partial charge in [0.1, 0.15) is 5.75 Å². The summed E-state index contributed by atoms with van der Waals surface area (Å²) in [5.74, 6) is 0.111. The topological polar surface area (TPSA) is 45.5 Å². The van der Waals surface area contributed by atoms with Crippen molar-refractivity contribution in [1.29, 1.82) is 0 Å². The van der Waals surface area contributed by atoms with E-state index in [4.69, 9.17) is 11.6 Å². The number of hydrogen-bond acceptors (Lipinski definition) is 4. The number of rotatable bonds is 2. The van der Waals surface area contributed by atoms with E-state index in [9.17, 15) is 5.11 Å². The zero-order valence-corrected chi connectivity index (χ0v) is 14.1. The lowest BCUT2D eigenvalue weighted by molar-refractivity contribution is 0.471. The van der Waals surface area contributed by atoms with Gasteiger partial charge in [0, 0.05) is 16.8 Å². The lowest BCUT2D eigenvalue weighted by Crippen LogP contribution is -1.83. The molecule has 0 saturated heterocycles. The quantitative estimate of drug-likeness (QED) is 0.598. The molecule has 0 spiro atoms. The standard InChI is InChI=1S/C15H10BrClN2OS/c1-8-2-3-12-13(4-8)21-15(19-12)18-7-9-5-10(17)6-11(16)14(9)20/h2-7,20H,1H3. The molecular formula is C15H10BrClN2OS. The summed E-state index contributed by atoms with van der Waals surface area (Å²) in [6.07, 6.45) is 1.57. The van der Waals surface area contributed by atoms with Gasteiger partial charge in [-0.05, 0) is 52.7 Å². The molecule has 0 aliphatic heterocycles. The molecule has 1 N–H and O–H groups in total. The number of thiazole rings is 1. The Labute approximate surface area is 139 Å². The summed E-state index contributed by atoms with van der Waals surface area (Å²) < 4.78 is 1.63. The SMILES string of the molecule is Cc1ccc2nc(N=Cc3cc(Cl)cc(Br)c3O)sc2c1. The number of aryl methyl sites for hydroxylation is 1. The number of aromatic hydroxyl groups is 1. The highest BCUT2D eigenvalue weighted by Gasteiger charge is 2.06. The van der Waals surface area contributed by atoms with E-state index in [1.54, 1.807) is 18.3 Å². The van der Waals surface area contributed by atoms with E-state index in [2.05, 4.69) is 32.0 Å². The van der Waals surface area contributed by atoms with Crippen LogP contribution in [0, 0.1) is 6.92 Å². The van der Waals surface area contributed by atoms with Crippen molar-refractivity contribution in [3.63, 3.8) is 0 Å². The zero-order chi connectivity index (χ0) is 15.0. The summed E-state index contributed by atoms with van der Waals surface area (Å²) in [6.45, 7) is 2.05. The smallest absolute Gasteiger partial charge is 0.210 e. The molecule has 3 nitrogen and oxygen atoms in total. The molecule has 0 saturated carbocycles. The molecule has 1 heterocycles. The van der Waals surface area contributed by atoms with Crippen LogP contribution in [0.3, 0.4) is 0 Å². The Morgan fingerprint density at radius 2 is 2.14 bits per heavy atom. The van der Waals surface area contributed by atoms with Crippen LogP contribution >= 0.6 is 38.9 Å². The Hall–Kier alpha value is -1.43. The minimum Gasteiger partial charge on any atom is -0.506 e. The maximum absolute atomic E-state index is 9.96. The predicted octanol–water partition coefficient (Wildman–Crippen LogP) is 5.48. The van der Waals surface area contributed by atoms with E-state index in [1.807, 2.05) is 19.1 Å². The molecule has 0 unspecified atom stereocenters. The number of fused-ring (bicyclic) bond motifs is 1.